The topological polar surface area (TPSA) is 61.4 Å². The summed E-state index contributed by atoms with van der Waals surface area (Å²) in [6.45, 7) is 4.18. The minimum atomic E-state index is -0.590. The quantitative estimate of drug-likeness (QED) is 0.876. The van der Waals surface area contributed by atoms with Crippen LogP contribution in [0.5, 0.6) is 0 Å². The van der Waals surface area contributed by atoms with Crippen molar-refractivity contribution in [2.75, 3.05) is 18.9 Å². The fourth-order valence-electron chi connectivity index (χ4n) is 2.37. The predicted octanol–water partition coefficient (Wildman–Crippen LogP) is 3.22. The second-order valence-corrected chi connectivity index (χ2v) is 6.07. The lowest BCUT2D eigenvalue weighted by atomic mass is 10.1. The summed E-state index contributed by atoms with van der Waals surface area (Å²) in [5.41, 5.74) is 3.29. The van der Waals surface area contributed by atoms with Crippen molar-refractivity contribution < 1.29 is 14.0 Å². The first-order valence-electron chi connectivity index (χ1n) is 7.95. The van der Waals surface area contributed by atoms with Gasteiger partial charge in [-0.15, -0.1) is 0 Å². The summed E-state index contributed by atoms with van der Waals surface area (Å²) in [5.74, 6) is -0.776. The van der Waals surface area contributed by atoms with Crippen LogP contribution in [0.4, 0.5) is 14.9 Å². The molecule has 0 unspecified atom stereocenters. The number of imide groups is 1. The maximum Gasteiger partial charge on any atom is 0.325 e. The van der Waals surface area contributed by atoms with Gasteiger partial charge in [-0.05, 0) is 50.2 Å². The number of urea groups is 1. The van der Waals surface area contributed by atoms with E-state index in [0.29, 0.717) is 11.3 Å². The Hall–Kier alpha value is -2.73. The first kappa shape index (κ1) is 18.6. The Morgan fingerprint density at radius 2 is 1.80 bits per heavy atom. The molecule has 2 aromatic rings. The molecular weight excluding hydrogens is 321 g/mol. The zero-order valence-corrected chi connectivity index (χ0v) is 14.6. The molecule has 0 aromatic heterocycles. The molecule has 25 heavy (non-hydrogen) atoms. The molecule has 0 fully saturated rings. The standard InChI is InChI=1S/C19H22FN3O2/c1-13-8-9-16(10-14(13)2)21-19(25)22-18(24)12-23(3)11-15-6-4-5-7-17(15)20/h4-10H,11-12H2,1-3H3,(H2,21,22,24,25). The van der Waals surface area contributed by atoms with Crippen LogP contribution in [-0.2, 0) is 11.3 Å². The van der Waals surface area contributed by atoms with Crippen LogP contribution >= 0.6 is 0 Å². The van der Waals surface area contributed by atoms with Crippen LogP contribution in [0.25, 0.3) is 0 Å². The van der Waals surface area contributed by atoms with E-state index in [-0.39, 0.29) is 18.9 Å². The Labute approximate surface area is 146 Å². The second-order valence-electron chi connectivity index (χ2n) is 6.07. The number of rotatable bonds is 5. The third kappa shape index (κ3) is 5.69. The molecule has 0 aliphatic heterocycles. The second kappa shape index (κ2) is 8.39. The Morgan fingerprint density at radius 1 is 1.08 bits per heavy atom. The maximum atomic E-state index is 13.6. The number of amides is 3. The number of nitrogens with zero attached hydrogens (tertiary/aromatic N) is 1. The van der Waals surface area contributed by atoms with Crippen LogP contribution in [0.15, 0.2) is 42.5 Å². The van der Waals surface area contributed by atoms with Crippen molar-refractivity contribution in [1.82, 2.24) is 10.2 Å². The van der Waals surface area contributed by atoms with E-state index >= 15 is 0 Å². The van der Waals surface area contributed by atoms with Crippen LogP contribution in [0.3, 0.4) is 0 Å². The van der Waals surface area contributed by atoms with Gasteiger partial charge in [-0.2, -0.15) is 0 Å². The molecule has 0 saturated carbocycles. The van der Waals surface area contributed by atoms with E-state index in [4.69, 9.17) is 0 Å². The van der Waals surface area contributed by atoms with Gasteiger partial charge in [0.05, 0.1) is 6.54 Å². The van der Waals surface area contributed by atoms with E-state index in [1.165, 1.54) is 6.07 Å². The van der Waals surface area contributed by atoms with Crippen molar-refractivity contribution in [3.63, 3.8) is 0 Å². The van der Waals surface area contributed by atoms with Crippen molar-refractivity contribution in [1.29, 1.82) is 0 Å². The molecule has 2 rings (SSSR count). The van der Waals surface area contributed by atoms with Crippen molar-refractivity contribution in [3.8, 4) is 0 Å². The largest absolute Gasteiger partial charge is 0.325 e. The average molecular weight is 343 g/mol. The maximum absolute atomic E-state index is 13.6. The van der Waals surface area contributed by atoms with Gasteiger partial charge < -0.3 is 5.32 Å². The average Bonchev–Trinajstić information content (AvgIpc) is 2.52. The summed E-state index contributed by atoms with van der Waals surface area (Å²) in [4.78, 5) is 25.5. The summed E-state index contributed by atoms with van der Waals surface area (Å²) in [6, 6.07) is 11.3. The van der Waals surface area contributed by atoms with Crippen molar-refractivity contribution >= 4 is 17.6 Å². The Morgan fingerprint density at radius 3 is 2.48 bits per heavy atom. The molecule has 0 spiro atoms. The Kier molecular flexibility index (Phi) is 6.25. The lowest BCUT2D eigenvalue weighted by Crippen LogP contribution is -2.40. The molecule has 3 amide bonds. The van der Waals surface area contributed by atoms with Crippen molar-refractivity contribution in [2.24, 2.45) is 0 Å². The summed E-state index contributed by atoms with van der Waals surface area (Å²) in [6.07, 6.45) is 0. The third-order valence-electron chi connectivity index (χ3n) is 3.83. The van der Waals surface area contributed by atoms with E-state index < -0.39 is 11.9 Å². The number of benzene rings is 2. The lowest BCUT2D eigenvalue weighted by Gasteiger charge is -2.16. The number of carbonyl (C=O) groups is 2. The zero-order chi connectivity index (χ0) is 18.4. The molecule has 0 aliphatic rings. The fraction of sp³-hybridized carbons (Fsp3) is 0.263. The van der Waals surface area contributed by atoms with Gasteiger partial charge in [-0.1, -0.05) is 24.3 Å². The molecule has 0 saturated heterocycles. The highest BCUT2D eigenvalue weighted by Gasteiger charge is 2.12. The van der Waals surface area contributed by atoms with E-state index in [9.17, 15) is 14.0 Å². The van der Waals surface area contributed by atoms with E-state index in [0.717, 1.165) is 11.1 Å². The van der Waals surface area contributed by atoms with Gasteiger partial charge in [0, 0.05) is 17.8 Å². The molecule has 2 aromatic carbocycles. The smallest absolute Gasteiger partial charge is 0.308 e. The number of nitrogens with one attached hydrogen (secondary N) is 2. The fourth-order valence-corrected chi connectivity index (χ4v) is 2.37. The van der Waals surface area contributed by atoms with Gasteiger partial charge >= 0.3 is 6.03 Å². The summed E-state index contributed by atoms with van der Waals surface area (Å²) in [5, 5.41) is 4.89. The minimum Gasteiger partial charge on any atom is -0.308 e. The molecule has 0 aliphatic carbocycles. The van der Waals surface area contributed by atoms with Gasteiger partial charge in [-0.25, -0.2) is 9.18 Å². The molecule has 5 nitrogen and oxygen atoms in total. The summed E-state index contributed by atoms with van der Waals surface area (Å²) < 4.78 is 13.6. The molecule has 132 valence electrons. The molecule has 0 radical (unpaired) electrons. The summed E-state index contributed by atoms with van der Waals surface area (Å²) >= 11 is 0. The van der Waals surface area contributed by atoms with Gasteiger partial charge in [0.15, 0.2) is 0 Å². The highest BCUT2D eigenvalue weighted by molar-refractivity contribution is 6.01. The number of anilines is 1. The minimum absolute atomic E-state index is 0.0192. The normalized spacial score (nSPS) is 10.6. The first-order valence-corrected chi connectivity index (χ1v) is 7.95. The van der Waals surface area contributed by atoms with Gasteiger partial charge in [0.2, 0.25) is 5.91 Å². The Bertz CT molecular complexity index is 777. The number of carbonyl (C=O) groups excluding carboxylic acids is 2. The first-order chi connectivity index (χ1) is 11.8. The predicted molar refractivity (Wildman–Crippen MR) is 95.8 cm³/mol. The van der Waals surface area contributed by atoms with Gasteiger partial charge in [0.1, 0.15) is 5.82 Å². The molecule has 6 heteroatoms. The monoisotopic (exact) mass is 343 g/mol. The summed E-state index contributed by atoms with van der Waals surface area (Å²) in [7, 11) is 1.69. The molecule has 2 N–H and O–H groups in total. The molecule has 0 heterocycles. The number of hydrogen-bond acceptors (Lipinski definition) is 3. The van der Waals surface area contributed by atoms with Crippen LogP contribution in [0, 0.1) is 19.7 Å². The van der Waals surface area contributed by atoms with Crippen LogP contribution < -0.4 is 10.6 Å². The number of aryl methyl sites for hydroxylation is 2. The van der Waals surface area contributed by atoms with E-state index in [1.54, 1.807) is 36.2 Å². The Balaban J connectivity index is 1.83. The highest BCUT2D eigenvalue weighted by Crippen LogP contribution is 2.14. The number of likely N-dealkylation sites (N-methyl/N-ethyl adjacent to an activating group) is 1. The number of halogens is 1. The lowest BCUT2D eigenvalue weighted by molar-refractivity contribution is -0.120. The molecule has 0 bridgehead atoms. The van der Waals surface area contributed by atoms with Crippen molar-refractivity contribution in [3.05, 3.63) is 65.0 Å². The number of hydrogen-bond donors (Lipinski definition) is 2. The van der Waals surface area contributed by atoms with E-state index in [1.807, 2.05) is 26.0 Å². The zero-order valence-electron chi connectivity index (χ0n) is 14.6. The van der Waals surface area contributed by atoms with Crippen LogP contribution in [0.2, 0.25) is 0 Å². The van der Waals surface area contributed by atoms with Crippen LogP contribution in [-0.4, -0.2) is 30.4 Å². The molecular formula is C19H22FN3O2. The third-order valence-corrected chi connectivity index (χ3v) is 3.83. The van der Waals surface area contributed by atoms with Gasteiger partial charge in [-0.3, -0.25) is 15.0 Å². The SMILES string of the molecule is Cc1ccc(NC(=O)NC(=O)CN(C)Cc2ccccc2F)cc1C. The highest BCUT2D eigenvalue weighted by atomic mass is 19.1. The van der Waals surface area contributed by atoms with Gasteiger partial charge in [0.25, 0.3) is 0 Å². The van der Waals surface area contributed by atoms with E-state index in [2.05, 4.69) is 10.6 Å². The molecule has 0 atom stereocenters. The van der Waals surface area contributed by atoms with Crippen molar-refractivity contribution in [2.45, 2.75) is 20.4 Å². The van der Waals surface area contributed by atoms with Crippen LogP contribution in [0.1, 0.15) is 16.7 Å².